The van der Waals surface area contributed by atoms with Crippen molar-refractivity contribution in [3.63, 3.8) is 0 Å². The first-order valence-electron chi connectivity index (χ1n) is 7.25. The maximum atomic E-state index is 5.84. The molecule has 1 atom stereocenters. The molecule has 0 aliphatic heterocycles. The Morgan fingerprint density at radius 3 is 2.58 bits per heavy atom. The molecule has 0 saturated carbocycles. The fourth-order valence-corrected chi connectivity index (χ4v) is 2.27. The van der Waals surface area contributed by atoms with Crippen LogP contribution in [0.25, 0.3) is 0 Å². The molecule has 0 spiro atoms. The number of aryl methyl sites for hydroxylation is 1. The van der Waals surface area contributed by atoms with Gasteiger partial charge in [0.1, 0.15) is 0 Å². The van der Waals surface area contributed by atoms with E-state index in [0.29, 0.717) is 5.92 Å². The molecule has 108 valence electrons. The highest BCUT2D eigenvalue weighted by molar-refractivity contribution is 5.22. The van der Waals surface area contributed by atoms with Crippen LogP contribution in [-0.4, -0.2) is 25.8 Å². The number of rotatable bonds is 7. The number of hydrogen-bond acceptors (Lipinski definition) is 2. The van der Waals surface area contributed by atoms with Gasteiger partial charge in [-0.1, -0.05) is 29.8 Å². The molecule has 0 radical (unpaired) electrons. The van der Waals surface area contributed by atoms with E-state index in [1.54, 1.807) is 0 Å². The van der Waals surface area contributed by atoms with Crippen molar-refractivity contribution in [2.45, 2.75) is 46.1 Å². The number of benzene rings is 1. The van der Waals surface area contributed by atoms with E-state index < -0.39 is 0 Å². The molecule has 1 N–H and O–H groups in total. The van der Waals surface area contributed by atoms with Gasteiger partial charge >= 0.3 is 0 Å². The molecule has 0 fully saturated rings. The average Bonchev–Trinajstić information content (AvgIpc) is 2.27. The molecule has 0 aliphatic carbocycles. The van der Waals surface area contributed by atoms with Crippen molar-refractivity contribution in [1.82, 2.24) is 5.32 Å². The highest BCUT2D eigenvalue weighted by Crippen LogP contribution is 2.15. The third-order valence-corrected chi connectivity index (χ3v) is 3.16. The smallest absolute Gasteiger partial charge is 0.0598 e. The van der Waals surface area contributed by atoms with Crippen LogP contribution in [0.15, 0.2) is 24.3 Å². The van der Waals surface area contributed by atoms with E-state index in [9.17, 15) is 0 Å². The van der Waals surface area contributed by atoms with Crippen molar-refractivity contribution in [1.29, 1.82) is 0 Å². The van der Waals surface area contributed by atoms with Crippen LogP contribution in [0.4, 0.5) is 0 Å². The van der Waals surface area contributed by atoms with E-state index in [2.05, 4.69) is 57.3 Å². The van der Waals surface area contributed by atoms with Crippen LogP contribution in [0.2, 0.25) is 0 Å². The Morgan fingerprint density at radius 1 is 1.26 bits per heavy atom. The molecule has 0 amide bonds. The zero-order valence-electron chi connectivity index (χ0n) is 13.1. The fraction of sp³-hybridized carbons (Fsp3) is 0.647. The quantitative estimate of drug-likeness (QED) is 0.812. The van der Waals surface area contributed by atoms with Gasteiger partial charge in [0.25, 0.3) is 0 Å². The van der Waals surface area contributed by atoms with Gasteiger partial charge in [-0.15, -0.1) is 0 Å². The molecule has 1 unspecified atom stereocenters. The minimum atomic E-state index is -0.0342. The normalized spacial score (nSPS) is 13.5. The zero-order valence-corrected chi connectivity index (χ0v) is 13.1. The van der Waals surface area contributed by atoms with E-state index in [0.717, 1.165) is 26.0 Å². The molecule has 1 rings (SSSR count). The van der Waals surface area contributed by atoms with Gasteiger partial charge in [0.15, 0.2) is 0 Å². The van der Waals surface area contributed by atoms with Crippen LogP contribution in [0.5, 0.6) is 0 Å². The Kier molecular flexibility index (Phi) is 6.53. The predicted molar refractivity (Wildman–Crippen MR) is 82.6 cm³/mol. The van der Waals surface area contributed by atoms with E-state index in [4.69, 9.17) is 4.74 Å². The van der Waals surface area contributed by atoms with Gasteiger partial charge in [-0.2, -0.15) is 0 Å². The van der Waals surface area contributed by atoms with Crippen molar-refractivity contribution < 1.29 is 4.74 Å². The van der Waals surface area contributed by atoms with Gasteiger partial charge in [-0.25, -0.2) is 0 Å². The largest absolute Gasteiger partial charge is 0.376 e. The summed E-state index contributed by atoms with van der Waals surface area (Å²) in [6.45, 7) is 10.4. The van der Waals surface area contributed by atoms with E-state index in [-0.39, 0.29) is 5.60 Å². The third-order valence-electron chi connectivity index (χ3n) is 3.16. The molecule has 19 heavy (non-hydrogen) atoms. The minimum absolute atomic E-state index is 0.0342. The Balaban J connectivity index is 2.48. The molecule has 1 aromatic carbocycles. The monoisotopic (exact) mass is 263 g/mol. The Morgan fingerprint density at radius 2 is 2.00 bits per heavy atom. The summed E-state index contributed by atoms with van der Waals surface area (Å²) in [5, 5.41) is 3.29. The highest BCUT2D eigenvalue weighted by atomic mass is 16.5. The van der Waals surface area contributed by atoms with Crippen molar-refractivity contribution in [2.24, 2.45) is 5.92 Å². The second-order valence-electron chi connectivity index (χ2n) is 6.37. The first-order chi connectivity index (χ1) is 8.90. The number of hydrogen-bond donors (Lipinski definition) is 1. The molecule has 0 aromatic heterocycles. The van der Waals surface area contributed by atoms with Crippen LogP contribution >= 0.6 is 0 Å². The van der Waals surface area contributed by atoms with Crippen molar-refractivity contribution in [2.75, 3.05) is 20.2 Å². The Bertz CT molecular complexity index is 368. The summed E-state index contributed by atoms with van der Waals surface area (Å²) in [5.41, 5.74) is 2.73. The summed E-state index contributed by atoms with van der Waals surface area (Å²) in [7, 11) is 2.02. The van der Waals surface area contributed by atoms with Crippen LogP contribution in [0.1, 0.15) is 38.3 Å². The topological polar surface area (TPSA) is 21.3 Å². The molecule has 0 heterocycles. The first-order valence-corrected chi connectivity index (χ1v) is 7.25. The molecule has 2 heteroatoms. The molecule has 0 bridgehead atoms. The average molecular weight is 263 g/mol. The molecular weight excluding hydrogens is 234 g/mol. The van der Waals surface area contributed by atoms with Gasteiger partial charge in [-0.3, -0.25) is 0 Å². The lowest BCUT2D eigenvalue weighted by Crippen LogP contribution is -2.25. The molecule has 1 aromatic rings. The predicted octanol–water partition coefficient (Wildman–Crippen LogP) is 3.58. The van der Waals surface area contributed by atoms with Gasteiger partial charge in [-0.05, 0) is 65.6 Å². The Labute approximate surface area is 118 Å². The van der Waals surface area contributed by atoms with Crippen LogP contribution in [0, 0.1) is 12.8 Å². The molecular formula is C17H29NO. The maximum Gasteiger partial charge on any atom is 0.0598 e. The van der Waals surface area contributed by atoms with Crippen LogP contribution in [-0.2, 0) is 11.2 Å². The SMILES string of the molecule is CNCC(CCOC(C)(C)C)Cc1cccc(C)c1. The number of nitrogens with one attached hydrogen (secondary N) is 1. The van der Waals surface area contributed by atoms with Crippen molar-refractivity contribution >= 4 is 0 Å². The van der Waals surface area contributed by atoms with Gasteiger partial charge in [0.2, 0.25) is 0 Å². The second-order valence-corrected chi connectivity index (χ2v) is 6.37. The maximum absolute atomic E-state index is 5.84. The fourth-order valence-electron chi connectivity index (χ4n) is 2.27. The summed E-state index contributed by atoms with van der Waals surface area (Å²) in [5.74, 6) is 0.633. The van der Waals surface area contributed by atoms with Gasteiger partial charge < -0.3 is 10.1 Å². The summed E-state index contributed by atoms with van der Waals surface area (Å²) in [6.07, 6.45) is 2.22. The van der Waals surface area contributed by atoms with Crippen LogP contribution < -0.4 is 5.32 Å². The first kappa shape index (κ1) is 16.2. The van der Waals surface area contributed by atoms with Gasteiger partial charge in [0, 0.05) is 6.61 Å². The third kappa shape index (κ3) is 7.34. The van der Waals surface area contributed by atoms with Crippen molar-refractivity contribution in [3.8, 4) is 0 Å². The lowest BCUT2D eigenvalue weighted by Gasteiger charge is -2.22. The lowest BCUT2D eigenvalue weighted by atomic mass is 9.95. The molecule has 0 saturated heterocycles. The summed E-state index contributed by atoms with van der Waals surface area (Å²) >= 11 is 0. The molecule has 2 nitrogen and oxygen atoms in total. The minimum Gasteiger partial charge on any atom is -0.376 e. The van der Waals surface area contributed by atoms with Gasteiger partial charge in [0.05, 0.1) is 5.60 Å². The van der Waals surface area contributed by atoms with E-state index >= 15 is 0 Å². The van der Waals surface area contributed by atoms with Crippen molar-refractivity contribution in [3.05, 3.63) is 35.4 Å². The summed E-state index contributed by atoms with van der Waals surface area (Å²) in [6, 6.07) is 8.81. The summed E-state index contributed by atoms with van der Waals surface area (Å²) in [4.78, 5) is 0. The highest BCUT2D eigenvalue weighted by Gasteiger charge is 2.13. The summed E-state index contributed by atoms with van der Waals surface area (Å²) < 4.78 is 5.84. The van der Waals surface area contributed by atoms with E-state index in [1.165, 1.54) is 11.1 Å². The zero-order chi connectivity index (χ0) is 14.3. The van der Waals surface area contributed by atoms with Crippen LogP contribution in [0.3, 0.4) is 0 Å². The number of ether oxygens (including phenoxy) is 1. The Hall–Kier alpha value is -0.860. The van der Waals surface area contributed by atoms with E-state index in [1.807, 2.05) is 7.05 Å². The standard InChI is InChI=1S/C17H29NO/c1-14-7-6-8-15(11-14)12-16(13-18-5)9-10-19-17(2,3)4/h6-8,11,16,18H,9-10,12-13H2,1-5H3. The molecule has 0 aliphatic rings. The second kappa shape index (κ2) is 7.66. The lowest BCUT2D eigenvalue weighted by molar-refractivity contribution is -0.00912.